The van der Waals surface area contributed by atoms with Gasteiger partial charge in [0.25, 0.3) is 0 Å². The summed E-state index contributed by atoms with van der Waals surface area (Å²) in [5.41, 5.74) is 9.53. The molecule has 0 saturated heterocycles. The Bertz CT molecular complexity index is 4250. The van der Waals surface area contributed by atoms with E-state index < -0.39 is 15.8 Å². The molecule has 3 aromatic heterocycles. The van der Waals surface area contributed by atoms with Crippen molar-refractivity contribution in [2.24, 2.45) is 14.1 Å². The number of rotatable bonds is 7. The summed E-state index contributed by atoms with van der Waals surface area (Å²) in [6.45, 7) is 0. The third-order valence-electron chi connectivity index (χ3n) is 15.2. The van der Waals surface area contributed by atoms with Crippen molar-refractivity contribution in [2.75, 3.05) is 0 Å². The fraction of sp³-hybridized carbons (Fsp3) is 0.0556. The van der Waals surface area contributed by atoms with E-state index in [2.05, 4.69) is 276 Å². The molecule has 3 heterocycles. The van der Waals surface area contributed by atoms with Crippen LogP contribution in [0, 0.1) is 24.7 Å². The number of aromatic nitrogens is 3. The number of hydrogen-bond acceptors (Lipinski definition) is 0. The van der Waals surface area contributed by atoms with Crippen LogP contribution in [0.1, 0.15) is 11.1 Å². The third kappa shape index (κ3) is 10.8. The molecule has 3 nitrogen and oxygen atoms in total. The molecule has 7 heteroatoms. The van der Waals surface area contributed by atoms with E-state index in [0.29, 0.717) is 11.3 Å². The molecule has 0 saturated carbocycles. The van der Waals surface area contributed by atoms with Crippen molar-refractivity contribution in [3.05, 3.63) is 295 Å². The maximum atomic E-state index is 7.16. The van der Waals surface area contributed by atoms with Gasteiger partial charge in [-0.15, -0.1) is 35.4 Å². The van der Waals surface area contributed by atoms with Gasteiger partial charge in [0.1, 0.15) is 11.3 Å². The van der Waals surface area contributed by atoms with E-state index >= 15 is 0 Å². The topological polar surface area (TPSA) is 14.8 Å². The van der Waals surface area contributed by atoms with Gasteiger partial charge in [-0.3, -0.25) is 11.8 Å². The van der Waals surface area contributed by atoms with E-state index in [9.17, 15) is 0 Å². The Balaban J connectivity index is 0.000000168. The monoisotopic (exact) mass is 1420 g/mol. The minimum Gasteiger partial charge on any atom is -0.366 e. The van der Waals surface area contributed by atoms with E-state index in [-0.39, 0.29) is 44.8 Å². The smallest absolute Gasteiger partial charge is 0.366 e. The van der Waals surface area contributed by atoms with Gasteiger partial charge in [-0.2, -0.15) is 0 Å². The summed E-state index contributed by atoms with van der Waals surface area (Å²) in [6.07, 6.45) is 19.7. The van der Waals surface area contributed by atoms with Gasteiger partial charge < -0.3 is 26.5 Å². The average molecular weight is 1420 g/mol. The molecule has 0 spiro atoms. The maximum Gasteiger partial charge on any atom is 1.00 e. The molecule has 388 valence electrons. The molecule has 1 aliphatic rings. The van der Waals surface area contributed by atoms with Crippen molar-refractivity contribution in [1.29, 1.82) is 0 Å². The molecule has 0 bridgehead atoms. The van der Waals surface area contributed by atoms with Crippen LogP contribution in [-0.2, 0) is 58.9 Å². The molecule has 2 unspecified atom stereocenters. The Morgan fingerprint density at radius 3 is 1.08 bits per heavy atom. The van der Waals surface area contributed by atoms with Crippen LogP contribution in [0.25, 0.3) is 72.4 Å². The van der Waals surface area contributed by atoms with Crippen LogP contribution in [0.15, 0.2) is 261 Å². The minimum atomic E-state index is -1.26. The number of fused-ring (bicyclic) bond motifs is 9. The normalized spacial score (nSPS) is 13.4. The van der Waals surface area contributed by atoms with Crippen molar-refractivity contribution in [3.8, 4) is 17.5 Å². The van der Waals surface area contributed by atoms with Crippen LogP contribution >= 0.6 is 15.8 Å². The average Bonchev–Trinajstić information content (AvgIpc) is 4.13. The molecular weight excluding hydrogens is 1360 g/mol. The summed E-state index contributed by atoms with van der Waals surface area (Å²) in [5.74, 6) is 4.85. The second-order valence-corrected chi connectivity index (χ2v) is 24.8. The fourth-order valence-corrected chi connectivity index (χ4v) is 18.6. The second-order valence-electron chi connectivity index (χ2n) is 19.5. The van der Waals surface area contributed by atoms with Crippen LogP contribution in [0.2, 0.25) is 0 Å². The summed E-state index contributed by atoms with van der Waals surface area (Å²) in [6, 6.07) is 93.8. The van der Waals surface area contributed by atoms with Crippen LogP contribution in [-0.4, -0.2) is 25.0 Å². The molecule has 0 radical (unpaired) electrons. The largest absolute Gasteiger partial charge is 1.00 e. The second kappa shape index (κ2) is 24.7. The number of benzene rings is 10. The predicted molar refractivity (Wildman–Crippen MR) is 333 cm³/mol. The number of para-hydroxylation sites is 4. The zero-order chi connectivity index (χ0) is 52.2. The van der Waals surface area contributed by atoms with Crippen molar-refractivity contribution in [2.45, 2.75) is 11.3 Å². The minimum absolute atomic E-state index is 0. The molecule has 0 fully saturated rings. The van der Waals surface area contributed by atoms with E-state index in [4.69, 9.17) is 12.8 Å². The van der Waals surface area contributed by atoms with Gasteiger partial charge in [-0.25, -0.2) is 0 Å². The molecule has 0 amide bonds. The molecule has 0 N–H and O–H groups in total. The van der Waals surface area contributed by atoms with Gasteiger partial charge in [-0.1, -0.05) is 158 Å². The van der Waals surface area contributed by atoms with Crippen LogP contribution < -0.4 is 31.8 Å². The van der Waals surface area contributed by atoms with Gasteiger partial charge in [-0.05, 0) is 91.0 Å². The van der Waals surface area contributed by atoms with Crippen LogP contribution in [0.3, 0.4) is 0 Å². The zero-order valence-electron chi connectivity index (χ0n) is 43.6. The summed E-state index contributed by atoms with van der Waals surface area (Å²) < 4.78 is 6.81. The quantitative estimate of drug-likeness (QED) is 0.0654. The molecule has 2 atom stereocenters. The first kappa shape index (κ1) is 54.9. The molecular formula is C72H55Au2N3P2+2. The molecule has 13 aromatic rings. The Hall–Kier alpha value is -7.46. The van der Waals surface area contributed by atoms with E-state index in [1.807, 2.05) is 36.4 Å². The van der Waals surface area contributed by atoms with E-state index in [1.54, 1.807) is 0 Å². The summed E-state index contributed by atoms with van der Waals surface area (Å²) in [7, 11) is 1.61. The third-order valence-corrected chi connectivity index (χ3v) is 21.7. The van der Waals surface area contributed by atoms with Crippen molar-refractivity contribution < 1.29 is 44.8 Å². The van der Waals surface area contributed by atoms with Gasteiger partial charge in [0.2, 0.25) is 0 Å². The Kier molecular flexibility index (Phi) is 17.2. The molecule has 1 aliphatic carbocycles. The molecule has 79 heavy (non-hydrogen) atoms. The van der Waals surface area contributed by atoms with Crippen LogP contribution in [0.5, 0.6) is 0 Å². The number of nitrogens with zero attached hydrogens (tertiary/aromatic N) is 3. The Morgan fingerprint density at radius 2 is 0.671 bits per heavy atom. The van der Waals surface area contributed by atoms with Gasteiger partial charge in [0, 0.05) is 74.0 Å². The number of aryl methyl sites for hydroxylation is 2. The molecule has 14 rings (SSSR count). The Morgan fingerprint density at radius 1 is 0.342 bits per heavy atom. The SMILES string of the molecule is C1=c2c(n(-c3ccccc3)c3ccccc23)=CC([PH+](c2ccccc2)c2ccccc2)C1[PH+](c1ccccc1)c1ccccc1.[Au+].[Au+].[C-]#Cc1ccc2c3ccccc3n(C)c2c1.[C-]#Cc1ccc2c3ccccc3n(C)c2c1. The van der Waals surface area contributed by atoms with Gasteiger partial charge in [0.15, 0.2) is 0 Å². The van der Waals surface area contributed by atoms with Gasteiger partial charge in [0.05, 0.1) is 47.9 Å². The van der Waals surface area contributed by atoms with Crippen molar-refractivity contribution in [1.82, 2.24) is 13.7 Å². The standard InChI is InChI=1S/C42H33NP2.2C15H10N.2Au/c1-6-18-32(19-7-1)43-39-29-17-16-28-37(39)38-30-41(44(33-20-8-2-9-21-33)34-22-10-3-11-23-34)42(31-40(38)43)45(35-24-12-4-13-25-35)36-26-14-5-15-27-36;2*1-3-11-8-9-13-12-6-4-5-7-14(12)16(2)15(13)10-11;;/h1-31,41-42H;2*4-10H,2H3;;/q;2*-1;2*+1/p+2. The molecule has 10 aromatic carbocycles. The summed E-state index contributed by atoms with van der Waals surface area (Å²) >= 11 is 0. The first-order valence-corrected chi connectivity index (χ1v) is 29.3. The Labute approximate surface area is 496 Å². The van der Waals surface area contributed by atoms with E-state index in [0.717, 1.165) is 22.2 Å². The van der Waals surface area contributed by atoms with E-state index in [1.165, 1.54) is 81.0 Å². The fourth-order valence-electron chi connectivity index (χ4n) is 11.6. The predicted octanol–water partition coefficient (Wildman–Crippen LogP) is 13.2. The molecule has 0 aliphatic heterocycles. The first-order valence-electron chi connectivity index (χ1n) is 26.1. The summed E-state index contributed by atoms with van der Waals surface area (Å²) in [5, 5.41) is 14.8. The van der Waals surface area contributed by atoms with Crippen LogP contribution in [0.4, 0.5) is 0 Å². The van der Waals surface area contributed by atoms with Gasteiger partial charge >= 0.3 is 44.8 Å². The number of hydrogen-bond donors (Lipinski definition) is 0. The van der Waals surface area contributed by atoms with Crippen molar-refractivity contribution >= 4 is 104 Å². The first-order chi connectivity index (χ1) is 38.0. The van der Waals surface area contributed by atoms with Crippen molar-refractivity contribution in [3.63, 3.8) is 0 Å². The summed E-state index contributed by atoms with van der Waals surface area (Å²) in [4.78, 5) is 0. The zero-order valence-corrected chi connectivity index (χ0v) is 49.9. The maximum absolute atomic E-state index is 7.16.